The molecule has 11 heteroatoms. The molecule has 0 aliphatic carbocycles. The van der Waals surface area contributed by atoms with Crippen LogP contribution in [0, 0.1) is 13.8 Å². The molecule has 10 nitrogen and oxygen atoms in total. The number of aryl methyl sites for hydroxylation is 2. The third-order valence-corrected chi connectivity index (χ3v) is 5.87. The van der Waals surface area contributed by atoms with Crippen molar-refractivity contribution < 1.29 is 28.6 Å². The van der Waals surface area contributed by atoms with Gasteiger partial charge in [0.2, 0.25) is 0 Å². The van der Waals surface area contributed by atoms with Crippen LogP contribution in [0.4, 0.5) is 5.69 Å². The highest BCUT2D eigenvalue weighted by Crippen LogP contribution is 2.36. The highest BCUT2D eigenvalue weighted by molar-refractivity contribution is 9.10. The van der Waals surface area contributed by atoms with Gasteiger partial charge in [-0.05, 0) is 90.5 Å². The van der Waals surface area contributed by atoms with E-state index in [0.29, 0.717) is 40.4 Å². The largest absolute Gasteiger partial charge is 0.490 e. The number of hydrogen-bond donors (Lipinski definition) is 3. The lowest BCUT2D eigenvalue weighted by molar-refractivity contribution is -0.139. The molecule has 1 atom stereocenters. The summed E-state index contributed by atoms with van der Waals surface area (Å²) >= 11 is 3.44. The summed E-state index contributed by atoms with van der Waals surface area (Å²) in [7, 11) is 0. The van der Waals surface area contributed by atoms with E-state index in [1.54, 1.807) is 12.1 Å². The summed E-state index contributed by atoms with van der Waals surface area (Å²) in [6, 6.07) is 9.13. The quantitative estimate of drug-likeness (QED) is 0.227. The number of ether oxygens (including phenoxy) is 3. The van der Waals surface area contributed by atoms with Crippen LogP contribution in [0.25, 0.3) is 0 Å². The number of carbonyl (C=O) groups is 3. The molecular formula is C26H31BrN4O6. The van der Waals surface area contributed by atoms with Gasteiger partial charge in [-0.25, -0.2) is 5.43 Å². The number of nitrogens with zero attached hydrogens (tertiary/aromatic N) is 1. The number of nitrogens with one attached hydrogen (secondary N) is 3. The molecule has 198 valence electrons. The van der Waals surface area contributed by atoms with E-state index >= 15 is 0 Å². The van der Waals surface area contributed by atoms with Crippen LogP contribution in [-0.2, 0) is 19.1 Å². The fourth-order valence-electron chi connectivity index (χ4n) is 3.76. The van der Waals surface area contributed by atoms with Crippen molar-refractivity contribution in [3.63, 3.8) is 0 Å². The van der Waals surface area contributed by atoms with E-state index in [0.717, 1.165) is 24.0 Å². The molecule has 1 heterocycles. The second-order valence-electron chi connectivity index (χ2n) is 8.52. The Balaban J connectivity index is 1.57. The van der Waals surface area contributed by atoms with Crippen molar-refractivity contribution in [3.8, 4) is 11.5 Å². The van der Waals surface area contributed by atoms with E-state index in [4.69, 9.17) is 14.2 Å². The molecule has 2 aromatic carbocycles. The van der Waals surface area contributed by atoms with Gasteiger partial charge in [-0.2, -0.15) is 5.10 Å². The number of rotatable bonds is 10. The van der Waals surface area contributed by atoms with Crippen molar-refractivity contribution >= 4 is 45.6 Å². The average molecular weight is 575 g/mol. The Kier molecular flexibility index (Phi) is 10.5. The van der Waals surface area contributed by atoms with Gasteiger partial charge in [0.1, 0.15) is 0 Å². The van der Waals surface area contributed by atoms with Gasteiger partial charge in [0, 0.05) is 18.8 Å². The Hall–Kier alpha value is -3.44. The second kappa shape index (κ2) is 13.8. The van der Waals surface area contributed by atoms with Crippen molar-refractivity contribution in [2.24, 2.45) is 5.10 Å². The van der Waals surface area contributed by atoms with E-state index in [9.17, 15) is 14.4 Å². The van der Waals surface area contributed by atoms with Crippen LogP contribution in [0.3, 0.4) is 0 Å². The molecule has 3 amide bonds. The minimum atomic E-state index is -0.881. The van der Waals surface area contributed by atoms with Gasteiger partial charge in [0.15, 0.2) is 18.1 Å². The molecule has 1 saturated heterocycles. The number of benzene rings is 2. The molecule has 3 rings (SSSR count). The minimum Gasteiger partial charge on any atom is -0.490 e. The molecule has 1 fully saturated rings. The number of halogens is 1. The smallest absolute Gasteiger partial charge is 0.329 e. The molecule has 37 heavy (non-hydrogen) atoms. The van der Waals surface area contributed by atoms with Gasteiger partial charge in [-0.1, -0.05) is 6.07 Å². The lowest BCUT2D eigenvalue weighted by Gasteiger charge is -2.15. The SMILES string of the molecule is CCOc1cc(/C=N\NC(=O)C(=O)NC[C@H]2CCCO2)cc(Br)c1OCC(=O)Nc1cc(C)cc(C)c1. The van der Waals surface area contributed by atoms with E-state index in [1.807, 2.05) is 39.0 Å². The molecule has 1 aliphatic heterocycles. The molecule has 0 saturated carbocycles. The molecular weight excluding hydrogens is 544 g/mol. The maximum absolute atomic E-state index is 12.4. The summed E-state index contributed by atoms with van der Waals surface area (Å²) in [5.74, 6) is -1.24. The summed E-state index contributed by atoms with van der Waals surface area (Å²) in [6.45, 7) is 6.83. The Bertz CT molecular complexity index is 1140. The molecule has 0 unspecified atom stereocenters. The monoisotopic (exact) mass is 574 g/mol. The highest BCUT2D eigenvalue weighted by atomic mass is 79.9. The number of carbonyl (C=O) groups excluding carboxylic acids is 3. The zero-order valence-corrected chi connectivity index (χ0v) is 22.6. The molecule has 0 bridgehead atoms. The van der Waals surface area contributed by atoms with Crippen molar-refractivity contribution in [1.82, 2.24) is 10.7 Å². The van der Waals surface area contributed by atoms with Crippen molar-refractivity contribution in [1.29, 1.82) is 0 Å². The zero-order chi connectivity index (χ0) is 26.8. The first kappa shape index (κ1) is 28.1. The van der Waals surface area contributed by atoms with Gasteiger partial charge in [-0.3, -0.25) is 14.4 Å². The second-order valence-corrected chi connectivity index (χ2v) is 9.37. The lowest BCUT2D eigenvalue weighted by atomic mass is 10.1. The van der Waals surface area contributed by atoms with Crippen LogP contribution in [0.2, 0.25) is 0 Å². The number of amides is 3. The third kappa shape index (κ3) is 8.87. The van der Waals surface area contributed by atoms with Gasteiger partial charge in [-0.15, -0.1) is 0 Å². The average Bonchev–Trinajstić information content (AvgIpc) is 3.35. The first-order chi connectivity index (χ1) is 17.7. The molecule has 0 spiro atoms. The first-order valence-electron chi connectivity index (χ1n) is 11.9. The first-order valence-corrected chi connectivity index (χ1v) is 12.7. The Morgan fingerprint density at radius 3 is 2.54 bits per heavy atom. The van der Waals surface area contributed by atoms with E-state index in [-0.39, 0.29) is 25.2 Å². The summed E-state index contributed by atoms with van der Waals surface area (Å²) in [6.07, 6.45) is 3.11. The molecule has 1 aliphatic rings. The molecule has 0 aromatic heterocycles. The van der Waals surface area contributed by atoms with Crippen molar-refractivity contribution in [3.05, 3.63) is 51.5 Å². The van der Waals surface area contributed by atoms with Crippen LogP contribution >= 0.6 is 15.9 Å². The minimum absolute atomic E-state index is 0.0619. The van der Waals surface area contributed by atoms with Crippen LogP contribution in [0.5, 0.6) is 11.5 Å². The van der Waals surface area contributed by atoms with E-state index < -0.39 is 11.8 Å². The zero-order valence-electron chi connectivity index (χ0n) is 21.1. The lowest BCUT2D eigenvalue weighted by Crippen LogP contribution is -2.41. The third-order valence-electron chi connectivity index (χ3n) is 5.28. The summed E-state index contributed by atoms with van der Waals surface area (Å²) in [5, 5.41) is 9.21. The number of hydrazone groups is 1. The van der Waals surface area contributed by atoms with Gasteiger partial charge in [0.05, 0.1) is 23.4 Å². The van der Waals surface area contributed by atoms with Gasteiger partial charge in [0.25, 0.3) is 5.91 Å². The molecule has 2 aromatic rings. The highest BCUT2D eigenvalue weighted by Gasteiger charge is 2.19. The van der Waals surface area contributed by atoms with Gasteiger partial charge < -0.3 is 24.8 Å². The Morgan fingerprint density at radius 2 is 1.86 bits per heavy atom. The summed E-state index contributed by atoms with van der Waals surface area (Å²) < 4.78 is 17.4. The van der Waals surface area contributed by atoms with Crippen LogP contribution in [0.15, 0.2) is 39.9 Å². The fourth-order valence-corrected chi connectivity index (χ4v) is 4.33. The summed E-state index contributed by atoms with van der Waals surface area (Å²) in [5.41, 5.74) is 5.56. The Morgan fingerprint density at radius 1 is 1.11 bits per heavy atom. The number of hydrogen-bond acceptors (Lipinski definition) is 7. The Labute approximate surface area is 224 Å². The van der Waals surface area contributed by atoms with Gasteiger partial charge >= 0.3 is 11.8 Å². The maximum Gasteiger partial charge on any atom is 0.329 e. The van der Waals surface area contributed by atoms with E-state index in [1.165, 1.54) is 6.21 Å². The standard InChI is InChI=1S/C26H31BrN4O6/c1-4-35-22-12-18(13-29-31-26(34)25(33)28-14-20-6-5-7-36-20)11-21(27)24(22)37-15-23(32)30-19-9-16(2)8-17(3)10-19/h8-13,20H,4-7,14-15H2,1-3H3,(H,28,33)(H,30,32)(H,31,34)/b29-13-/t20-/m1/s1. The number of anilines is 1. The van der Waals surface area contributed by atoms with Crippen LogP contribution in [-0.4, -0.2) is 56.4 Å². The normalized spacial score (nSPS) is 14.9. The van der Waals surface area contributed by atoms with Crippen LogP contribution < -0.4 is 25.5 Å². The maximum atomic E-state index is 12.4. The fraction of sp³-hybridized carbons (Fsp3) is 0.385. The van der Waals surface area contributed by atoms with E-state index in [2.05, 4.69) is 37.1 Å². The van der Waals surface area contributed by atoms with Crippen LogP contribution in [0.1, 0.15) is 36.5 Å². The molecule has 3 N–H and O–H groups in total. The van der Waals surface area contributed by atoms with Crippen molar-refractivity contribution in [2.75, 3.05) is 31.7 Å². The topological polar surface area (TPSA) is 127 Å². The predicted octanol–water partition coefficient (Wildman–Crippen LogP) is 3.23. The molecule has 0 radical (unpaired) electrons. The van der Waals surface area contributed by atoms with Crippen molar-refractivity contribution in [2.45, 2.75) is 39.7 Å². The summed E-state index contributed by atoms with van der Waals surface area (Å²) in [4.78, 5) is 36.3. The predicted molar refractivity (Wildman–Crippen MR) is 143 cm³/mol.